The molecule has 0 aliphatic carbocycles. The summed E-state index contributed by atoms with van der Waals surface area (Å²) < 4.78 is 31.8. The molecule has 146 valence electrons. The minimum Gasteiger partial charge on any atom is -0.484 e. The Labute approximate surface area is 172 Å². The fourth-order valence-electron chi connectivity index (χ4n) is 1.99. The Bertz CT molecular complexity index is 919. The van der Waals surface area contributed by atoms with Crippen LogP contribution in [0.25, 0.3) is 0 Å². The molecule has 0 saturated heterocycles. The van der Waals surface area contributed by atoms with E-state index in [4.69, 9.17) is 39.5 Å². The number of hydrogen-bond acceptors (Lipinski definition) is 4. The number of anilines is 1. The molecule has 2 rings (SSSR count). The van der Waals surface area contributed by atoms with Gasteiger partial charge in [-0.1, -0.05) is 41.7 Å². The number of benzene rings is 2. The van der Waals surface area contributed by atoms with Crippen molar-refractivity contribution in [3.8, 4) is 5.75 Å². The summed E-state index contributed by atoms with van der Waals surface area (Å²) in [5.41, 5.74) is 0.308. The molecule has 2 N–H and O–H groups in total. The van der Waals surface area contributed by atoms with E-state index in [-0.39, 0.29) is 26.6 Å². The quantitative estimate of drug-likeness (QED) is 0.584. The van der Waals surface area contributed by atoms with Gasteiger partial charge in [-0.2, -0.15) is 0 Å². The van der Waals surface area contributed by atoms with Crippen LogP contribution in [0, 0.1) is 0 Å². The molecule has 0 radical (unpaired) electrons. The predicted molar refractivity (Wildman–Crippen MR) is 108 cm³/mol. The maximum Gasteiger partial charge on any atom is 0.262 e. The van der Waals surface area contributed by atoms with Gasteiger partial charge in [0, 0.05) is 6.54 Å². The Hall–Kier alpha value is -1.51. The van der Waals surface area contributed by atoms with Crippen molar-refractivity contribution in [3.05, 3.63) is 51.5 Å². The summed E-state index contributed by atoms with van der Waals surface area (Å²) in [6.07, 6.45) is 0.693. The summed E-state index contributed by atoms with van der Waals surface area (Å²) in [4.78, 5) is 12.1. The fraction of sp³-hybridized carbons (Fsp3) is 0.235. The lowest BCUT2D eigenvalue weighted by molar-refractivity contribution is -0.118. The number of carbonyl (C=O) groups excluding carboxylic acids is 1. The van der Waals surface area contributed by atoms with Crippen LogP contribution in [-0.4, -0.2) is 27.5 Å². The van der Waals surface area contributed by atoms with Gasteiger partial charge in [0.05, 0.1) is 25.7 Å². The second-order valence-corrected chi connectivity index (χ2v) is 8.44. The lowest BCUT2D eigenvalue weighted by atomic mass is 10.3. The second-order valence-electron chi connectivity index (χ2n) is 5.45. The summed E-state index contributed by atoms with van der Waals surface area (Å²) in [6.45, 7) is 1.93. The molecule has 0 spiro atoms. The number of ether oxygens (including phenoxy) is 1. The van der Waals surface area contributed by atoms with Gasteiger partial charge in [0.2, 0.25) is 10.0 Å². The van der Waals surface area contributed by atoms with Crippen LogP contribution in [0.1, 0.15) is 13.3 Å². The van der Waals surface area contributed by atoms with E-state index < -0.39 is 15.9 Å². The first-order chi connectivity index (χ1) is 12.7. The third-order valence-electron chi connectivity index (χ3n) is 3.33. The van der Waals surface area contributed by atoms with Gasteiger partial charge in [0.1, 0.15) is 5.75 Å². The topological polar surface area (TPSA) is 84.5 Å². The normalized spacial score (nSPS) is 11.3. The van der Waals surface area contributed by atoms with Crippen molar-refractivity contribution >= 4 is 56.4 Å². The van der Waals surface area contributed by atoms with E-state index >= 15 is 0 Å². The van der Waals surface area contributed by atoms with E-state index in [0.717, 1.165) is 0 Å². The van der Waals surface area contributed by atoms with Crippen LogP contribution in [0.2, 0.25) is 15.1 Å². The van der Waals surface area contributed by atoms with Crippen molar-refractivity contribution in [1.82, 2.24) is 4.72 Å². The van der Waals surface area contributed by atoms with E-state index in [1.165, 1.54) is 36.4 Å². The average molecular weight is 452 g/mol. The van der Waals surface area contributed by atoms with Gasteiger partial charge in [-0.25, -0.2) is 13.1 Å². The van der Waals surface area contributed by atoms with E-state index in [1.807, 2.05) is 6.92 Å². The first-order valence-corrected chi connectivity index (χ1v) is 10.5. The van der Waals surface area contributed by atoms with Gasteiger partial charge in [0.25, 0.3) is 5.91 Å². The number of carbonyl (C=O) groups is 1. The summed E-state index contributed by atoms with van der Waals surface area (Å²) in [5, 5.41) is 3.34. The zero-order valence-electron chi connectivity index (χ0n) is 14.3. The highest BCUT2D eigenvalue weighted by atomic mass is 35.5. The minimum absolute atomic E-state index is 0.121. The molecule has 0 saturated carbocycles. The lowest BCUT2D eigenvalue weighted by Gasteiger charge is -2.10. The molecule has 10 heteroatoms. The van der Waals surface area contributed by atoms with Crippen LogP contribution < -0.4 is 14.8 Å². The highest BCUT2D eigenvalue weighted by Gasteiger charge is 2.13. The molecule has 6 nitrogen and oxygen atoms in total. The minimum atomic E-state index is -3.55. The van der Waals surface area contributed by atoms with Gasteiger partial charge in [-0.05, 0) is 42.8 Å². The zero-order valence-corrected chi connectivity index (χ0v) is 17.3. The molecule has 0 aliphatic heterocycles. The number of sulfonamides is 1. The number of nitrogens with one attached hydrogen (secondary N) is 2. The van der Waals surface area contributed by atoms with Crippen LogP contribution in [-0.2, 0) is 14.8 Å². The Morgan fingerprint density at radius 1 is 1.04 bits per heavy atom. The monoisotopic (exact) mass is 450 g/mol. The average Bonchev–Trinajstić information content (AvgIpc) is 2.63. The number of amides is 1. The molecule has 0 unspecified atom stereocenters. The molecule has 2 aromatic carbocycles. The second kappa shape index (κ2) is 9.61. The summed E-state index contributed by atoms with van der Waals surface area (Å²) in [6, 6.07) is 8.61. The van der Waals surface area contributed by atoms with Gasteiger partial charge in [-0.15, -0.1) is 0 Å². The highest BCUT2D eigenvalue weighted by molar-refractivity contribution is 7.89. The smallest absolute Gasteiger partial charge is 0.262 e. The Morgan fingerprint density at radius 3 is 2.30 bits per heavy atom. The third kappa shape index (κ3) is 6.26. The summed E-state index contributed by atoms with van der Waals surface area (Å²) in [7, 11) is -3.55. The van der Waals surface area contributed by atoms with Crippen molar-refractivity contribution < 1.29 is 17.9 Å². The van der Waals surface area contributed by atoms with Gasteiger partial charge in [-0.3, -0.25) is 4.79 Å². The van der Waals surface area contributed by atoms with Gasteiger partial charge in [0.15, 0.2) is 6.61 Å². The van der Waals surface area contributed by atoms with E-state index in [0.29, 0.717) is 24.4 Å². The molecule has 0 atom stereocenters. The molecule has 2 aromatic rings. The number of hydrogen-bond donors (Lipinski definition) is 2. The van der Waals surface area contributed by atoms with E-state index in [9.17, 15) is 13.2 Å². The van der Waals surface area contributed by atoms with Crippen molar-refractivity contribution in [3.63, 3.8) is 0 Å². The molecule has 0 fully saturated rings. The highest BCUT2D eigenvalue weighted by Crippen LogP contribution is 2.32. The number of rotatable bonds is 8. The first kappa shape index (κ1) is 21.8. The molecular formula is C17H17Cl3N2O4S. The van der Waals surface area contributed by atoms with Crippen LogP contribution in [0.5, 0.6) is 5.75 Å². The SMILES string of the molecule is CCCNS(=O)(=O)c1ccc(OCC(=O)Nc2cc(Cl)c(Cl)cc2Cl)cc1. The Kier molecular flexibility index (Phi) is 7.76. The summed E-state index contributed by atoms with van der Waals surface area (Å²) >= 11 is 17.7. The van der Waals surface area contributed by atoms with Crippen molar-refractivity contribution in [2.75, 3.05) is 18.5 Å². The predicted octanol–water partition coefficient (Wildman–Crippen LogP) is 4.35. The first-order valence-electron chi connectivity index (χ1n) is 7.90. The standard InChI is InChI=1S/C17H17Cl3N2O4S/c1-2-7-21-27(24,25)12-5-3-11(4-6-12)26-10-17(23)22-16-9-14(19)13(18)8-15(16)20/h3-6,8-9,21H,2,7,10H2,1H3,(H,22,23). The largest absolute Gasteiger partial charge is 0.484 e. The Balaban J connectivity index is 1.95. The molecule has 0 bridgehead atoms. The van der Waals surface area contributed by atoms with Crippen molar-refractivity contribution in [1.29, 1.82) is 0 Å². The number of halogens is 3. The molecule has 1 amide bonds. The molecule has 27 heavy (non-hydrogen) atoms. The lowest BCUT2D eigenvalue weighted by Crippen LogP contribution is -2.24. The third-order valence-corrected chi connectivity index (χ3v) is 5.84. The van der Waals surface area contributed by atoms with Crippen LogP contribution in [0.4, 0.5) is 5.69 Å². The molecule has 0 aliphatic rings. The molecule has 0 aromatic heterocycles. The fourth-order valence-corrected chi connectivity index (χ4v) is 3.72. The molecular weight excluding hydrogens is 435 g/mol. The van der Waals surface area contributed by atoms with Crippen molar-refractivity contribution in [2.45, 2.75) is 18.2 Å². The van der Waals surface area contributed by atoms with Crippen molar-refractivity contribution in [2.24, 2.45) is 0 Å². The maximum absolute atomic E-state index is 12.0. The van der Waals surface area contributed by atoms with Crippen LogP contribution in [0.3, 0.4) is 0 Å². The van der Waals surface area contributed by atoms with E-state index in [1.54, 1.807) is 0 Å². The van der Waals surface area contributed by atoms with E-state index in [2.05, 4.69) is 10.0 Å². The van der Waals surface area contributed by atoms with Gasteiger partial charge >= 0.3 is 0 Å². The molecule has 0 heterocycles. The van der Waals surface area contributed by atoms with Crippen LogP contribution >= 0.6 is 34.8 Å². The zero-order chi connectivity index (χ0) is 20.0. The van der Waals surface area contributed by atoms with Crippen LogP contribution in [0.15, 0.2) is 41.3 Å². The maximum atomic E-state index is 12.0. The Morgan fingerprint density at radius 2 is 1.67 bits per heavy atom. The van der Waals surface area contributed by atoms with Gasteiger partial charge < -0.3 is 10.1 Å². The summed E-state index contributed by atoms with van der Waals surface area (Å²) in [5.74, 6) is -0.114.